The first kappa shape index (κ1) is 18.4. The zero-order valence-electron chi connectivity index (χ0n) is 13.4. The lowest BCUT2D eigenvalue weighted by molar-refractivity contribution is -0.124. The molecule has 132 valence electrons. The molecule has 1 N–H and O–H groups in total. The van der Waals surface area contributed by atoms with Crippen LogP contribution in [0.3, 0.4) is 0 Å². The standard InChI is InChI=1S/C18H17F2NO4/c1-12(13-5-3-2-4-6-13)21-16(22)11-24-17(23)14-7-9-15(10-8-14)25-18(19)20/h2-10,12,18H,11H2,1H3,(H,21,22)/t12-/m1/s1. The fourth-order valence-electron chi connectivity index (χ4n) is 2.10. The predicted molar refractivity (Wildman–Crippen MR) is 86.4 cm³/mol. The van der Waals surface area contributed by atoms with Crippen LogP contribution in [0.15, 0.2) is 54.6 Å². The number of nitrogens with one attached hydrogen (secondary N) is 1. The molecule has 0 aliphatic rings. The van der Waals surface area contributed by atoms with Gasteiger partial charge in [-0.15, -0.1) is 0 Å². The van der Waals surface area contributed by atoms with Gasteiger partial charge >= 0.3 is 12.6 Å². The fourth-order valence-corrected chi connectivity index (χ4v) is 2.10. The Labute approximate surface area is 143 Å². The summed E-state index contributed by atoms with van der Waals surface area (Å²) in [7, 11) is 0. The summed E-state index contributed by atoms with van der Waals surface area (Å²) in [6, 6.07) is 14.1. The molecule has 0 aromatic heterocycles. The van der Waals surface area contributed by atoms with E-state index in [9.17, 15) is 18.4 Å². The summed E-state index contributed by atoms with van der Waals surface area (Å²) in [4.78, 5) is 23.7. The van der Waals surface area contributed by atoms with Gasteiger partial charge in [0.25, 0.3) is 5.91 Å². The number of halogens is 2. The minimum absolute atomic E-state index is 0.0685. The highest BCUT2D eigenvalue weighted by molar-refractivity contribution is 5.91. The second-order valence-corrected chi connectivity index (χ2v) is 5.18. The van der Waals surface area contributed by atoms with Crippen LogP contribution in [0.25, 0.3) is 0 Å². The lowest BCUT2D eigenvalue weighted by Gasteiger charge is -2.14. The molecule has 0 aliphatic carbocycles. The Morgan fingerprint density at radius 3 is 2.28 bits per heavy atom. The molecule has 0 saturated heterocycles. The molecular weight excluding hydrogens is 332 g/mol. The van der Waals surface area contributed by atoms with Crippen molar-refractivity contribution in [2.45, 2.75) is 19.6 Å². The molecule has 0 radical (unpaired) electrons. The molecule has 0 spiro atoms. The summed E-state index contributed by atoms with van der Waals surface area (Å²) in [5, 5.41) is 2.71. The van der Waals surface area contributed by atoms with Gasteiger partial charge in [-0.25, -0.2) is 4.79 Å². The van der Waals surface area contributed by atoms with Gasteiger partial charge in [-0.05, 0) is 36.8 Å². The molecular formula is C18H17F2NO4. The summed E-state index contributed by atoms with van der Waals surface area (Å²) in [5.74, 6) is -1.24. The molecule has 7 heteroatoms. The number of hydrogen-bond acceptors (Lipinski definition) is 4. The highest BCUT2D eigenvalue weighted by atomic mass is 19.3. The second-order valence-electron chi connectivity index (χ2n) is 5.18. The Balaban J connectivity index is 1.82. The number of esters is 1. The average molecular weight is 349 g/mol. The van der Waals surface area contributed by atoms with E-state index in [0.29, 0.717) is 0 Å². The van der Waals surface area contributed by atoms with Crippen molar-refractivity contribution in [1.29, 1.82) is 0 Å². The van der Waals surface area contributed by atoms with Crippen LogP contribution < -0.4 is 10.1 Å². The molecule has 0 unspecified atom stereocenters. The summed E-state index contributed by atoms with van der Waals surface area (Å²) in [6.45, 7) is -1.56. The largest absolute Gasteiger partial charge is 0.452 e. The van der Waals surface area contributed by atoms with Gasteiger partial charge in [-0.3, -0.25) is 4.79 Å². The first-order valence-corrected chi connectivity index (χ1v) is 7.52. The van der Waals surface area contributed by atoms with Crippen molar-refractivity contribution in [3.8, 4) is 5.75 Å². The zero-order chi connectivity index (χ0) is 18.2. The molecule has 2 aromatic rings. The van der Waals surface area contributed by atoms with E-state index in [0.717, 1.165) is 5.56 Å². The number of alkyl halides is 2. The maximum Gasteiger partial charge on any atom is 0.387 e. The third-order valence-electron chi connectivity index (χ3n) is 3.33. The van der Waals surface area contributed by atoms with Crippen molar-refractivity contribution < 1.29 is 27.8 Å². The van der Waals surface area contributed by atoms with Gasteiger partial charge in [-0.2, -0.15) is 8.78 Å². The van der Waals surface area contributed by atoms with Gasteiger partial charge < -0.3 is 14.8 Å². The number of carbonyl (C=O) groups is 2. The number of benzene rings is 2. The Kier molecular flexibility index (Phi) is 6.45. The highest BCUT2D eigenvalue weighted by Crippen LogP contribution is 2.15. The van der Waals surface area contributed by atoms with Gasteiger partial charge in [0.2, 0.25) is 0 Å². The van der Waals surface area contributed by atoms with Gasteiger partial charge in [0.1, 0.15) is 5.75 Å². The molecule has 5 nitrogen and oxygen atoms in total. The van der Waals surface area contributed by atoms with Crippen molar-refractivity contribution >= 4 is 11.9 Å². The summed E-state index contributed by atoms with van der Waals surface area (Å²) in [5.41, 5.74) is 1.06. The summed E-state index contributed by atoms with van der Waals surface area (Å²) < 4.78 is 33.2. The summed E-state index contributed by atoms with van der Waals surface area (Å²) >= 11 is 0. The third-order valence-corrected chi connectivity index (χ3v) is 3.33. The first-order valence-electron chi connectivity index (χ1n) is 7.52. The number of carbonyl (C=O) groups excluding carboxylic acids is 2. The molecule has 1 atom stereocenters. The molecule has 0 fully saturated rings. The van der Waals surface area contributed by atoms with E-state index < -0.39 is 25.1 Å². The first-order chi connectivity index (χ1) is 12.0. The normalized spacial score (nSPS) is 11.7. The van der Waals surface area contributed by atoms with Crippen LogP contribution in [0.4, 0.5) is 8.78 Å². The Hall–Kier alpha value is -2.96. The Bertz CT molecular complexity index is 705. The molecule has 2 rings (SSSR count). The molecule has 2 aromatic carbocycles. The molecule has 1 amide bonds. The van der Waals surface area contributed by atoms with Gasteiger partial charge in [0.05, 0.1) is 11.6 Å². The highest BCUT2D eigenvalue weighted by Gasteiger charge is 2.13. The molecule has 0 saturated carbocycles. The van der Waals surface area contributed by atoms with Crippen LogP contribution in [0.1, 0.15) is 28.9 Å². The smallest absolute Gasteiger partial charge is 0.387 e. The predicted octanol–water partition coefficient (Wildman–Crippen LogP) is 3.32. The zero-order valence-corrected chi connectivity index (χ0v) is 13.4. The van der Waals surface area contributed by atoms with Crippen LogP contribution in [-0.2, 0) is 9.53 Å². The number of rotatable bonds is 7. The van der Waals surface area contributed by atoms with E-state index in [2.05, 4.69) is 10.1 Å². The van der Waals surface area contributed by atoms with Crippen LogP contribution in [0.2, 0.25) is 0 Å². The lowest BCUT2D eigenvalue weighted by Crippen LogP contribution is -2.31. The number of amides is 1. The van der Waals surface area contributed by atoms with E-state index in [1.807, 2.05) is 37.3 Å². The SMILES string of the molecule is C[C@@H](NC(=O)COC(=O)c1ccc(OC(F)F)cc1)c1ccccc1. The van der Waals surface area contributed by atoms with Crippen molar-refractivity contribution in [3.63, 3.8) is 0 Å². The fraction of sp³-hybridized carbons (Fsp3) is 0.222. The van der Waals surface area contributed by atoms with Crippen molar-refractivity contribution in [2.75, 3.05) is 6.61 Å². The average Bonchev–Trinajstić information content (AvgIpc) is 2.60. The molecule has 0 heterocycles. The second kappa shape index (κ2) is 8.77. The van der Waals surface area contributed by atoms with Crippen molar-refractivity contribution in [3.05, 3.63) is 65.7 Å². The molecule has 25 heavy (non-hydrogen) atoms. The monoisotopic (exact) mass is 349 g/mol. The van der Waals surface area contributed by atoms with E-state index in [4.69, 9.17) is 4.74 Å². The molecule has 0 aliphatic heterocycles. The van der Waals surface area contributed by atoms with E-state index in [-0.39, 0.29) is 17.4 Å². The maximum absolute atomic E-state index is 12.1. The van der Waals surface area contributed by atoms with Gasteiger partial charge in [0, 0.05) is 0 Å². The minimum Gasteiger partial charge on any atom is -0.452 e. The van der Waals surface area contributed by atoms with Crippen LogP contribution in [0, 0.1) is 0 Å². The van der Waals surface area contributed by atoms with E-state index >= 15 is 0 Å². The van der Waals surface area contributed by atoms with Crippen molar-refractivity contribution in [2.24, 2.45) is 0 Å². The Morgan fingerprint density at radius 1 is 1.04 bits per heavy atom. The topological polar surface area (TPSA) is 64.6 Å². The summed E-state index contributed by atoms with van der Waals surface area (Å²) in [6.07, 6.45) is 0. The van der Waals surface area contributed by atoms with E-state index in [1.54, 1.807) is 0 Å². The minimum atomic E-state index is -2.94. The maximum atomic E-state index is 12.1. The van der Waals surface area contributed by atoms with Crippen LogP contribution >= 0.6 is 0 Å². The van der Waals surface area contributed by atoms with Gasteiger partial charge in [0.15, 0.2) is 6.61 Å². The lowest BCUT2D eigenvalue weighted by atomic mass is 10.1. The van der Waals surface area contributed by atoms with Gasteiger partial charge in [-0.1, -0.05) is 30.3 Å². The number of hydrogen-bond donors (Lipinski definition) is 1. The number of ether oxygens (including phenoxy) is 2. The van der Waals surface area contributed by atoms with E-state index in [1.165, 1.54) is 24.3 Å². The van der Waals surface area contributed by atoms with Crippen LogP contribution in [-0.4, -0.2) is 25.1 Å². The Morgan fingerprint density at radius 2 is 1.68 bits per heavy atom. The van der Waals surface area contributed by atoms with Crippen LogP contribution in [0.5, 0.6) is 5.75 Å². The quantitative estimate of drug-likeness (QED) is 0.779. The van der Waals surface area contributed by atoms with Crippen molar-refractivity contribution in [1.82, 2.24) is 5.32 Å². The third kappa shape index (κ3) is 5.87. The molecule has 0 bridgehead atoms.